The molecule has 4 rings (SSSR count). The minimum Gasteiger partial charge on any atom is -0.550 e. The largest absolute Gasteiger partial charge is 0.550 e. The predicted octanol–water partition coefficient (Wildman–Crippen LogP) is 1.53. The number of aryl methyl sites for hydroxylation is 4. The summed E-state index contributed by atoms with van der Waals surface area (Å²) in [6, 6.07) is 5.88. The number of non-ortho nitro benzene ring substituents is 2. The number of ketones is 2. The van der Waals surface area contributed by atoms with E-state index in [1.165, 1.54) is 27.9 Å². The highest BCUT2D eigenvalue weighted by Gasteiger charge is 2.48. The molecule has 0 atom stereocenters. The summed E-state index contributed by atoms with van der Waals surface area (Å²) in [7, 11) is 2.45. The third-order valence-electron chi connectivity index (χ3n) is 7.28. The van der Waals surface area contributed by atoms with E-state index >= 15 is 0 Å². The minimum absolute atomic E-state index is 0.0916. The van der Waals surface area contributed by atoms with Crippen LogP contribution in [0.3, 0.4) is 0 Å². The lowest BCUT2D eigenvalue weighted by Gasteiger charge is -2.37. The van der Waals surface area contributed by atoms with Gasteiger partial charge in [0.1, 0.15) is 5.41 Å². The fourth-order valence-electron chi connectivity index (χ4n) is 5.47. The average Bonchev–Trinajstić information content (AvgIpc) is 3.43. The first-order valence-electron chi connectivity index (χ1n) is 12.9. The van der Waals surface area contributed by atoms with E-state index in [9.17, 15) is 49.6 Å². The van der Waals surface area contributed by atoms with Crippen molar-refractivity contribution in [2.24, 2.45) is 14.1 Å². The highest BCUT2D eigenvalue weighted by Crippen LogP contribution is 2.42. The van der Waals surface area contributed by atoms with Crippen molar-refractivity contribution in [3.63, 3.8) is 0 Å². The van der Waals surface area contributed by atoms with Crippen LogP contribution in [0.4, 0.5) is 11.4 Å². The van der Waals surface area contributed by atoms with Gasteiger partial charge in [0.2, 0.25) is 0 Å². The van der Waals surface area contributed by atoms with E-state index in [-0.39, 0.29) is 32.6 Å². The van der Waals surface area contributed by atoms with Crippen molar-refractivity contribution in [2.75, 3.05) is 0 Å². The van der Waals surface area contributed by atoms with Gasteiger partial charge in [0.15, 0.2) is 11.6 Å². The number of halogens is 2. The van der Waals surface area contributed by atoms with Crippen LogP contribution in [-0.2, 0) is 29.1 Å². The molecule has 4 aromatic rings. The van der Waals surface area contributed by atoms with Crippen molar-refractivity contribution >= 4 is 58.1 Å². The molecule has 0 radical (unpaired) electrons. The molecule has 0 N–H and O–H groups in total. The minimum atomic E-state index is -2.90. The summed E-state index contributed by atoms with van der Waals surface area (Å²) >= 11 is 12.4. The second-order valence-electron chi connectivity index (χ2n) is 10.1. The molecule has 2 heterocycles. The van der Waals surface area contributed by atoms with Gasteiger partial charge < -0.3 is 19.8 Å². The van der Waals surface area contributed by atoms with Gasteiger partial charge in [-0.1, -0.05) is 23.2 Å². The lowest BCUT2D eigenvalue weighted by molar-refractivity contribution is -0.385. The summed E-state index contributed by atoms with van der Waals surface area (Å²) in [5.74, 6) is -5.97. The number of nitro groups is 2. The van der Waals surface area contributed by atoms with E-state index in [1.54, 1.807) is 0 Å². The molecule has 0 aliphatic rings. The van der Waals surface area contributed by atoms with Crippen LogP contribution >= 0.6 is 23.2 Å². The SMILES string of the molecule is Cc1nn(C)c(C(CC(=O)[O-])(C(=O)[O-])c2c(C(=O)c3ccc([N+](=O)[O-])cc3Cl)c(C)nn2C)c1C(=O)c1ccc([N+](=O)[O-])cc1Cl. The van der Waals surface area contributed by atoms with Gasteiger partial charge >= 0.3 is 0 Å². The van der Waals surface area contributed by atoms with Gasteiger partial charge in [-0.15, -0.1) is 0 Å². The van der Waals surface area contributed by atoms with Gasteiger partial charge in [0.25, 0.3) is 11.4 Å². The number of carboxylic acids is 2. The second-order valence-corrected chi connectivity index (χ2v) is 10.9. The maximum atomic E-state index is 14.0. The molecule has 0 bridgehead atoms. The summed E-state index contributed by atoms with van der Waals surface area (Å²) in [6.07, 6.45) is -1.39. The number of nitrogens with zero attached hydrogens (tertiary/aromatic N) is 6. The highest BCUT2D eigenvalue weighted by atomic mass is 35.5. The lowest BCUT2D eigenvalue weighted by Crippen LogP contribution is -2.53. The molecule has 16 nitrogen and oxygen atoms in total. The highest BCUT2D eigenvalue weighted by molar-refractivity contribution is 6.36. The van der Waals surface area contributed by atoms with Crippen molar-refractivity contribution in [1.29, 1.82) is 0 Å². The molecule has 0 aliphatic heterocycles. The van der Waals surface area contributed by atoms with Crippen molar-refractivity contribution < 1.29 is 39.2 Å². The third-order valence-corrected chi connectivity index (χ3v) is 7.91. The standard InChI is InChI=1S/C28H22Cl2N6O10/c1-12-21(23(39)16-7-5-14(35(43)44)9-18(16)29)25(33(3)31-12)28(27(41)42,11-20(37)38)26-22(13(2)32-34(26)4)24(40)17-8-6-15(36(45)46)10-19(17)30/h5-10H,11H2,1-4H3,(H,37,38)(H,41,42)/p-2. The maximum Gasteiger partial charge on any atom is 0.270 e. The topological polar surface area (TPSA) is 236 Å². The van der Waals surface area contributed by atoms with Crippen LogP contribution in [-0.4, -0.2) is 52.9 Å². The number of benzene rings is 2. The molecule has 18 heteroatoms. The summed E-state index contributed by atoms with van der Waals surface area (Å²) in [5.41, 5.74) is -6.59. The van der Waals surface area contributed by atoms with E-state index in [4.69, 9.17) is 23.2 Å². The van der Waals surface area contributed by atoms with E-state index < -0.39 is 79.1 Å². The zero-order valence-corrected chi connectivity index (χ0v) is 25.7. The van der Waals surface area contributed by atoms with Crippen LogP contribution in [0, 0.1) is 34.1 Å². The number of carbonyl (C=O) groups excluding carboxylic acids is 4. The van der Waals surface area contributed by atoms with E-state index in [2.05, 4.69) is 10.2 Å². The summed E-state index contributed by atoms with van der Waals surface area (Å²) in [5, 5.41) is 55.7. The van der Waals surface area contributed by atoms with Gasteiger partial charge in [0, 0.05) is 61.9 Å². The smallest absolute Gasteiger partial charge is 0.270 e. The number of hydrogen-bond donors (Lipinski definition) is 0. The number of aromatic nitrogens is 4. The van der Waals surface area contributed by atoms with E-state index in [0.29, 0.717) is 0 Å². The molecule has 0 saturated carbocycles. The zero-order chi connectivity index (χ0) is 34.4. The van der Waals surface area contributed by atoms with Crippen LogP contribution in [0.5, 0.6) is 0 Å². The lowest BCUT2D eigenvalue weighted by atomic mass is 9.72. The fraction of sp³-hybridized carbons (Fsp3) is 0.214. The number of carboxylic acid groups (broad SMARTS) is 2. The first-order chi connectivity index (χ1) is 21.4. The molecule has 2 aromatic carbocycles. The Balaban J connectivity index is 2.09. The first-order valence-corrected chi connectivity index (χ1v) is 13.7. The molecule has 0 spiro atoms. The van der Waals surface area contributed by atoms with Crippen LogP contribution in [0.2, 0.25) is 10.0 Å². The van der Waals surface area contributed by atoms with Crippen LogP contribution in [0.1, 0.15) is 61.0 Å². The van der Waals surface area contributed by atoms with Crippen LogP contribution in [0.15, 0.2) is 36.4 Å². The number of carbonyl (C=O) groups is 4. The molecule has 2 aromatic heterocycles. The molecule has 238 valence electrons. The van der Waals surface area contributed by atoms with Crippen molar-refractivity contribution in [2.45, 2.75) is 25.7 Å². The Labute approximate surface area is 268 Å². The normalized spacial score (nSPS) is 11.3. The Hall–Kier alpha value is -5.48. The molecule has 46 heavy (non-hydrogen) atoms. The van der Waals surface area contributed by atoms with Gasteiger partial charge in [-0.05, 0) is 26.0 Å². The molecule has 0 aliphatic carbocycles. The van der Waals surface area contributed by atoms with Crippen molar-refractivity contribution in [3.05, 3.63) is 112 Å². The monoisotopic (exact) mass is 670 g/mol. The second kappa shape index (κ2) is 12.1. The fourth-order valence-corrected chi connectivity index (χ4v) is 5.99. The molecule has 0 saturated heterocycles. The molecule has 0 fully saturated rings. The van der Waals surface area contributed by atoms with Gasteiger partial charge in [-0.25, -0.2) is 0 Å². The molecular weight excluding hydrogens is 651 g/mol. The Kier molecular flexibility index (Phi) is 8.81. The number of rotatable bonds is 11. The summed E-state index contributed by atoms with van der Waals surface area (Å²) < 4.78 is 1.85. The molecular formula is C28H20Cl2N6O10-2. The van der Waals surface area contributed by atoms with E-state index in [1.807, 2.05) is 0 Å². The molecule has 0 unspecified atom stereocenters. The summed E-state index contributed by atoms with van der Waals surface area (Å²) in [6.45, 7) is 2.65. The quantitative estimate of drug-likeness (QED) is 0.125. The van der Waals surface area contributed by atoms with E-state index in [0.717, 1.165) is 45.8 Å². The Morgan fingerprint density at radius 3 is 1.41 bits per heavy atom. The van der Waals surface area contributed by atoms with Crippen molar-refractivity contribution in [3.8, 4) is 0 Å². The molecule has 0 amide bonds. The number of aliphatic carboxylic acids is 2. The van der Waals surface area contributed by atoms with Gasteiger partial charge in [-0.2, -0.15) is 10.2 Å². The Bertz CT molecular complexity index is 1890. The summed E-state index contributed by atoms with van der Waals surface area (Å²) in [4.78, 5) is 74.6. The Morgan fingerprint density at radius 2 is 1.13 bits per heavy atom. The predicted molar refractivity (Wildman–Crippen MR) is 154 cm³/mol. The third kappa shape index (κ3) is 5.48. The van der Waals surface area contributed by atoms with Crippen LogP contribution in [0.25, 0.3) is 0 Å². The van der Waals surface area contributed by atoms with Gasteiger partial charge in [0.05, 0.1) is 59.8 Å². The van der Waals surface area contributed by atoms with Crippen LogP contribution < -0.4 is 10.2 Å². The zero-order valence-electron chi connectivity index (χ0n) is 24.2. The van der Waals surface area contributed by atoms with Crippen molar-refractivity contribution in [1.82, 2.24) is 19.6 Å². The first kappa shape index (κ1) is 33.4. The van der Waals surface area contributed by atoms with Gasteiger partial charge in [-0.3, -0.25) is 39.2 Å². The number of nitro benzene ring substituents is 2. The maximum absolute atomic E-state index is 14.0. The average molecular weight is 671 g/mol. The number of hydrogen-bond acceptors (Lipinski definition) is 12. The Morgan fingerprint density at radius 1 is 0.761 bits per heavy atom.